The molecule has 0 aliphatic carbocycles. The van der Waals surface area contributed by atoms with Gasteiger partial charge in [0.15, 0.2) is 0 Å². The van der Waals surface area contributed by atoms with Crippen molar-refractivity contribution < 1.29 is 9.90 Å². The van der Waals surface area contributed by atoms with Crippen molar-refractivity contribution in [1.82, 2.24) is 15.1 Å². The first-order chi connectivity index (χ1) is 12.4. The minimum atomic E-state index is -0.0314. The van der Waals surface area contributed by atoms with Gasteiger partial charge in [-0.2, -0.15) is 0 Å². The Morgan fingerprint density at radius 1 is 1.12 bits per heavy atom. The summed E-state index contributed by atoms with van der Waals surface area (Å²) in [5, 5.41) is 14.1. The molecular formula is C21H33N3O2. The van der Waals surface area contributed by atoms with Gasteiger partial charge < -0.3 is 15.3 Å². The third-order valence-electron chi connectivity index (χ3n) is 5.83. The Kier molecular flexibility index (Phi) is 5.88. The van der Waals surface area contributed by atoms with Crippen LogP contribution >= 0.6 is 0 Å². The second-order valence-electron chi connectivity index (χ2n) is 8.29. The standard InChI is InChI=1S/C21H33N3O2/c1-14(2)16-11-18(15(3)4)20(25)19(12-16)21(26)24-9-7-23(8-10-24)17-5-6-22-13-17/h11-12,14-15,17,22,25H,5-10,13H2,1-4H3/t17-/m0/s1. The summed E-state index contributed by atoms with van der Waals surface area (Å²) in [6, 6.07) is 4.55. The Hall–Kier alpha value is -1.59. The van der Waals surface area contributed by atoms with Crippen molar-refractivity contribution in [2.45, 2.75) is 52.0 Å². The molecule has 1 atom stereocenters. The topological polar surface area (TPSA) is 55.8 Å². The van der Waals surface area contributed by atoms with Crippen LogP contribution in [0.1, 0.15) is 67.4 Å². The number of carbonyl (C=O) groups excluding carboxylic acids is 1. The lowest BCUT2D eigenvalue weighted by atomic mass is 9.91. The van der Waals surface area contributed by atoms with Crippen LogP contribution in [0.3, 0.4) is 0 Å². The number of piperazine rings is 1. The number of nitrogens with one attached hydrogen (secondary N) is 1. The second-order valence-corrected chi connectivity index (χ2v) is 8.29. The van der Waals surface area contributed by atoms with Crippen molar-refractivity contribution in [3.63, 3.8) is 0 Å². The highest BCUT2D eigenvalue weighted by Crippen LogP contribution is 2.34. The van der Waals surface area contributed by atoms with E-state index in [2.05, 4.69) is 37.9 Å². The summed E-state index contributed by atoms with van der Waals surface area (Å²) in [4.78, 5) is 17.5. The maximum Gasteiger partial charge on any atom is 0.257 e. The van der Waals surface area contributed by atoms with E-state index >= 15 is 0 Å². The van der Waals surface area contributed by atoms with Crippen molar-refractivity contribution in [3.05, 3.63) is 28.8 Å². The number of phenols is 1. The summed E-state index contributed by atoms with van der Waals surface area (Å²) in [5.41, 5.74) is 2.46. The van der Waals surface area contributed by atoms with E-state index < -0.39 is 0 Å². The third kappa shape index (κ3) is 3.89. The molecular weight excluding hydrogens is 326 g/mol. The van der Waals surface area contributed by atoms with Gasteiger partial charge in [-0.3, -0.25) is 9.69 Å². The van der Waals surface area contributed by atoms with Crippen molar-refractivity contribution in [1.29, 1.82) is 0 Å². The molecule has 2 aliphatic heterocycles. The average Bonchev–Trinajstić information content (AvgIpc) is 3.15. The first-order valence-electron chi connectivity index (χ1n) is 9.99. The lowest BCUT2D eigenvalue weighted by Crippen LogP contribution is -2.52. The normalized spacial score (nSPS) is 21.8. The fourth-order valence-electron chi connectivity index (χ4n) is 4.03. The molecule has 0 unspecified atom stereocenters. The van der Waals surface area contributed by atoms with Crippen LogP contribution in [-0.4, -0.2) is 66.1 Å². The van der Waals surface area contributed by atoms with E-state index in [1.807, 2.05) is 17.0 Å². The van der Waals surface area contributed by atoms with Crippen molar-refractivity contribution in [3.8, 4) is 5.75 Å². The van der Waals surface area contributed by atoms with Crippen LogP contribution < -0.4 is 5.32 Å². The molecule has 0 saturated carbocycles. The molecule has 2 saturated heterocycles. The molecule has 0 aromatic heterocycles. The number of aromatic hydroxyl groups is 1. The van der Waals surface area contributed by atoms with E-state index in [4.69, 9.17) is 0 Å². The number of amides is 1. The average molecular weight is 360 g/mol. The Bertz CT molecular complexity index is 643. The number of phenolic OH excluding ortho intramolecular Hbond substituents is 1. The van der Waals surface area contributed by atoms with Gasteiger partial charge in [0, 0.05) is 38.8 Å². The Morgan fingerprint density at radius 2 is 1.81 bits per heavy atom. The van der Waals surface area contributed by atoms with Crippen LogP contribution in [0.25, 0.3) is 0 Å². The van der Waals surface area contributed by atoms with Crippen LogP contribution in [0.4, 0.5) is 0 Å². The highest BCUT2D eigenvalue weighted by Gasteiger charge is 2.30. The smallest absolute Gasteiger partial charge is 0.257 e. The molecule has 3 rings (SSSR count). The van der Waals surface area contributed by atoms with E-state index in [0.29, 0.717) is 17.5 Å². The van der Waals surface area contributed by atoms with E-state index in [1.54, 1.807) is 0 Å². The predicted octanol–water partition coefficient (Wildman–Crippen LogP) is 2.76. The van der Waals surface area contributed by atoms with E-state index in [1.165, 1.54) is 6.42 Å². The zero-order valence-electron chi connectivity index (χ0n) is 16.6. The van der Waals surface area contributed by atoms with Crippen LogP contribution in [0.15, 0.2) is 12.1 Å². The summed E-state index contributed by atoms with van der Waals surface area (Å²) in [6.07, 6.45) is 1.20. The summed E-state index contributed by atoms with van der Waals surface area (Å²) in [6.45, 7) is 13.8. The monoisotopic (exact) mass is 359 g/mol. The van der Waals surface area contributed by atoms with Gasteiger partial charge in [-0.25, -0.2) is 0 Å². The number of carbonyl (C=O) groups is 1. The largest absolute Gasteiger partial charge is 0.507 e. The van der Waals surface area contributed by atoms with Crippen molar-refractivity contribution in [2.24, 2.45) is 0 Å². The molecule has 5 nitrogen and oxygen atoms in total. The van der Waals surface area contributed by atoms with E-state index in [0.717, 1.165) is 50.4 Å². The first kappa shape index (κ1) is 19.2. The minimum Gasteiger partial charge on any atom is -0.507 e. The van der Waals surface area contributed by atoms with Crippen molar-refractivity contribution >= 4 is 5.91 Å². The van der Waals surface area contributed by atoms with Gasteiger partial charge in [-0.15, -0.1) is 0 Å². The van der Waals surface area contributed by atoms with Crippen LogP contribution in [-0.2, 0) is 0 Å². The zero-order chi connectivity index (χ0) is 18.8. The van der Waals surface area contributed by atoms with E-state index in [9.17, 15) is 9.90 Å². The predicted molar refractivity (Wildman–Crippen MR) is 105 cm³/mol. The maximum atomic E-state index is 13.1. The maximum absolute atomic E-state index is 13.1. The minimum absolute atomic E-state index is 0.0314. The van der Waals surface area contributed by atoms with Gasteiger partial charge in [-0.05, 0) is 42.0 Å². The number of nitrogens with zero attached hydrogens (tertiary/aromatic N) is 2. The van der Waals surface area contributed by atoms with Crippen LogP contribution in [0.5, 0.6) is 5.75 Å². The Balaban J connectivity index is 1.77. The summed E-state index contributed by atoms with van der Waals surface area (Å²) < 4.78 is 0. The number of hydrogen-bond donors (Lipinski definition) is 2. The fourth-order valence-corrected chi connectivity index (χ4v) is 4.03. The molecule has 1 aromatic rings. The van der Waals surface area contributed by atoms with E-state index in [-0.39, 0.29) is 17.6 Å². The third-order valence-corrected chi connectivity index (χ3v) is 5.83. The SMILES string of the molecule is CC(C)c1cc(C(=O)N2CCN([C@H]3CCNC3)CC2)c(O)c(C(C)C)c1. The van der Waals surface area contributed by atoms with Crippen LogP contribution in [0.2, 0.25) is 0 Å². The number of hydrogen-bond acceptors (Lipinski definition) is 4. The molecule has 2 aliphatic rings. The van der Waals surface area contributed by atoms with Gasteiger partial charge >= 0.3 is 0 Å². The molecule has 1 aromatic carbocycles. The molecule has 2 fully saturated rings. The quantitative estimate of drug-likeness (QED) is 0.868. The second kappa shape index (κ2) is 7.97. The highest BCUT2D eigenvalue weighted by molar-refractivity contribution is 5.97. The van der Waals surface area contributed by atoms with Gasteiger partial charge in [0.25, 0.3) is 5.91 Å². The van der Waals surface area contributed by atoms with Gasteiger partial charge in [0.05, 0.1) is 5.56 Å². The van der Waals surface area contributed by atoms with Gasteiger partial charge in [0.2, 0.25) is 0 Å². The summed E-state index contributed by atoms with van der Waals surface area (Å²) in [5.74, 6) is 0.645. The van der Waals surface area contributed by atoms with Crippen molar-refractivity contribution in [2.75, 3.05) is 39.3 Å². The molecule has 0 spiro atoms. The van der Waals surface area contributed by atoms with Crippen LogP contribution in [0, 0.1) is 0 Å². The molecule has 0 radical (unpaired) electrons. The number of benzene rings is 1. The molecule has 2 N–H and O–H groups in total. The summed E-state index contributed by atoms with van der Waals surface area (Å²) >= 11 is 0. The van der Waals surface area contributed by atoms with Gasteiger partial charge in [-0.1, -0.05) is 33.8 Å². The molecule has 5 heteroatoms. The molecule has 2 heterocycles. The zero-order valence-corrected chi connectivity index (χ0v) is 16.6. The Labute approximate surface area is 157 Å². The molecule has 0 bridgehead atoms. The number of rotatable bonds is 4. The molecule has 144 valence electrons. The summed E-state index contributed by atoms with van der Waals surface area (Å²) in [7, 11) is 0. The lowest BCUT2D eigenvalue weighted by Gasteiger charge is -2.38. The fraction of sp³-hybridized carbons (Fsp3) is 0.667. The molecule has 26 heavy (non-hydrogen) atoms. The first-order valence-corrected chi connectivity index (χ1v) is 9.99. The van der Waals surface area contributed by atoms with Gasteiger partial charge in [0.1, 0.15) is 5.75 Å². The lowest BCUT2D eigenvalue weighted by molar-refractivity contribution is 0.0581. The Morgan fingerprint density at radius 3 is 2.35 bits per heavy atom. The highest BCUT2D eigenvalue weighted by atomic mass is 16.3. The molecule has 1 amide bonds.